The maximum atomic E-state index is 12.6. The number of alkyl halides is 2. The van der Waals surface area contributed by atoms with E-state index >= 15 is 0 Å². The van der Waals surface area contributed by atoms with Crippen LogP contribution in [0.1, 0.15) is 50.8 Å². The van der Waals surface area contributed by atoms with E-state index in [2.05, 4.69) is 5.10 Å². The van der Waals surface area contributed by atoms with Crippen LogP contribution in [0.4, 0.5) is 14.5 Å². The van der Waals surface area contributed by atoms with Crippen LogP contribution >= 0.6 is 0 Å². The molecule has 1 saturated carbocycles. The van der Waals surface area contributed by atoms with Crippen LogP contribution in [0.5, 0.6) is 0 Å². The van der Waals surface area contributed by atoms with Gasteiger partial charge in [0.25, 0.3) is 6.43 Å². The Labute approximate surface area is 104 Å². The topological polar surface area (TPSA) is 60.9 Å². The summed E-state index contributed by atoms with van der Waals surface area (Å²) in [6.07, 6.45) is 2.00. The van der Waals surface area contributed by atoms with Crippen LogP contribution in [0.15, 0.2) is 6.20 Å². The number of nitrogens with two attached hydrogens (primary N) is 1. The number of anilines is 1. The Morgan fingerprint density at radius 1 is 1.44 bits per heavy atom. The number of hydrogen-bond acceptors (Lipinski definition) is 3. The smallest absolute Gasteiger partial charge is 0.284 e. The normalized spacial score (nSPS) is 24.4. The fourth-order valence-corrected chi connectivity index (χ4v) is 2.52. The minimum atomic E-state index is -2.64. The van der Waals surface area contributed by atoms with E-state index in [0.29, 0.717) is 0 Å². The summed E-state index contributed by atoms with van der Waals surface area (Å²) in [6.45, 7) is 1.60. The van der Waals surface area contributed by atoms with Crippen molar-refractivity contribution < 1.29 is 13.6 Å². The van der Waals surface area contributed by atoms with Crippen LogP contribution < -0.4 is 5.73 Å². The van der Waals surface area contributed by atoms with Gasteiger partial charge in [-0.25, -0.2) is 8.78 Å². The van der Waals surface area contributed by atoms with Crippen LogP contribution in [0, 0.1) is 5.92 Å². The fraction of sp³-hybridized carbons (Fsp3) is 0.667. The van der Waals surface area contributed by atoms with Crippen molar-refractivity contribution in [1.29, 1.82) is 0 Å². The molecular formula is C12H17F2N3O. The Kier molecular flexibility index (Phi) is 3.63. The van der Waals surface area contributed by atoms with Crippen LogP contribution in [-0.4, -0.2) is 15.6 Å². The molecule has 0 spiro atoms. The van der Waals surface area contributed by atoms with E-state index in [0.717, 1.165) is 25.7 Å². The molecule has 100 valence electrons. The van der Waals surface area contributed by atoms with Crippen molar-refractivity contribution in [3.8, 4) is 0 Å². The van der Waals surface area contributed by atoms with Crippen molar-refractivity contribution in [2.24, 2.45) is 5.92 Å². The number of nitrogens with zero attached hydrogens (tertiary/aromatic N) is 2. The van der Waals surface area contributed by atoms with E-state index in [4.69, 9.17) is 5.73 Å². The van der Waals surface area contributed by atoms with Crippen molar-refractivity contribution in [2.45, 2.75) is 45.1 Å². The van der Waals surface area contributed by atoms with Gasteiger partial charge in [-0.2, -0.15) is 5.10 Å². The van der Waals surface area contributed by atoms with E-state index in [1.807, 2.05) is 0 Å². The molecule has 2 rings (SSSR count). The number of rotatable bonds is 3. The number of ketones is 1. The number of nitrogen functional groups attached to an aromatic ring is 1. The molecule has 1 aromatic rings. The van der Waals surface area contributed by atoms with Crippen molar-refractivity contribution >= 4 is 11.5 Å². The molecule has 0 radical (unpaired) electrons. The quantitative estimate of drug-likeness (QED) is 0.905. The SMILES string of the molecule is CC(=O)[C@H]1CC[C@H](n2cc(N)c(C(F)F)n2)CC1. The van der Waals surface area contributed by atoms with Gasteiger partial charge in [-0.15, -0.1) is 0 Å². The lowest BCUT2D eigenvalue weighted by Gasteiger charge is -2.27. The first-order valence-corrected chi connectivity index (χ1v) is 6.12. The first-order valence-electron chi connectivity index (χ1n) is 6.12. The highest BCUT2D eigenvalue weighted by atomic mass is 19.3. The maximum absolute atomic E-state index is 12.6. The Balaban J connectivity index is 2.06. The molecule has 0 atom stereocenters. The Morgan fingerprint density at radius 3 is 2.50 bits per heavy atom. The zero-order valence-electron chi connectivity index (χ0n) is 10.3. The second-order valence-corrected chi connectivity index (χ2v) is 4.87. The lowest BCUT2D eigenvalue weighted by atomic mass is 9.84. The first-order chi connectivity index (χ1) is 8.49. The summed E-state index contributed by atoms with van der Waals surface area (Å²) in [5.74, 6) is 0.324. The summed E-state index contributed by atoms with van der Waals surface area (Å²) >= 11 is 0. The Bertz CT molecular complexity index is 437. The van der Waals surface area contributed by atoms with Crippen LogP contribution in [0.3, 0.4) is 0 Å². The fourth-order valence-electron chi connectivity index (χ4n) is 2.52. The molecule has 2 N–H and O–H groups in total. The molecule has 0 aromatic carbocycles. The second-order valence-electron chi connectivity index (χ2n) is 4.87. The molecule has 1 aliphatic rings. The molecule has 6 heteroatoms. The number of Topliss-reactive ketones (excluding diaryl/α,β-unsaturated/α-hetero) is 1. The number of halogens is 2. The van der Waals surface area contributed by atoms with Crippen LogP contribution in [0.25, 0.3) is 0 Å². The highest BCUT2D eigenvalue weighted by molar-refractivity contribution is 5.78. The standard InChI is InChI=1S/C12H17F2N3O/c1-7(18)8-2-4-9(5-3-8)17-6-10(15)11(16-17)12(13)14/h6,8-9,12H,2-5,15H2,1H3/t8-,9-. The summed E-state index contributed by atoms with van der Waals surface area (Å²) in [7, 11) is 0. The molecule has 0 unspecified atom stereocenters. The Hall–Kier alpha value is -1.46. The minimum absolute atomic E-state index is 0.0405. The monoisotopic (exact) mass is 257 g/mol. The van der Waals surface area contributed by atoms with Gasteiger partial charge in [0.05, 0.1) is 11.7 Å². The minimum Gasteiger partial charge on any atom is -0.396 e. The average molecular weight is 257 g/mol. The molecule has 0 aliphatic heterocycles. The molecule has 0 saturated heterocycles. The first kappa shape index (κ1) is 13.0. The second kappa shape index (κ2) is 5.04. The molecule has 1 aliphatic carbocycles. The number of aromatic nitrogens is 2. The van der Waals surface area contributed by atoms with Gasteiger partial charge in [0.1, 0.15) is 5.78 Å². The highest BCUT2D eigenvalue weighted by Gasteiger charge is 2.27. The maximum Gasteiger partial charge on any atom is 0.284 e. The van der Waals surface area contributed by atoms with Crippen LogP contribution in [0.2, 0.25) is 0 Å². The van der Waals surface area contributed by atoms with Gasteiger partial charge in [0.2, 0.25) is 0 Å². The zero-order valence-corrected chi connectivity index (χ0v) is 10.3. The Morgan fingerprint density at radius 2 is 2.06 bits per heavy atom. The third-order valence-electron chi connectivity index (χ3n) is 3.64. The summed E-state index contributed by atoms with van der Waals surface area (Å²) < 4.78 is 26.7. The number of hydrogen-bond donors (Lipinski definition) is 1. The molecule has 4 nitrogen and oxygen atoms in total. The molecule has 1 aromatic heterocycles. The van der Waals surface area contributed by atoms with Gasteiger partial charge in [-0.05, 0) is 32.6 Å². The van der Waals surface area contributed by atoms with Crippen molar-refractivity contribution in [1.82, 2.24) is 9.78 Å². The summed E-state index contributed by atoms with van der Waals surface area (Å²) in [5, 5.41) is 3.86. The largest absolute Gasteiger partial charge is 0.396 e. The summed E-state index contributed by atoms with van der Waals surface area (Å²) in [6, 6.07) is 0.0791. The highest BCUT2D eigenvalue weighted by Crippen LogP contribution is 2.34. The predicted molar refractivity (Wildman–Crippen MR) is 63.3 cm³/mol. The third-order valence-corrected chi connectivity index (χ3v) is 3.64. The van der Waals surface area contributed by atoms with Gasteiger partial charge >= 0.3 is 0 Å². The van der Waals surface area contributed by atoms with E-state index < -0.39 is 6.43 Å². The molecule has 1 heterocycles. The van der Waals surface area contributed by atoms with Gasteiger partial charge in [-0.3, -0.25) is 9.48 Å². The summed E-state index contributed by atoms with van der Waals surface area (Å²) in [4.78, 5) is 11.2. The summed E-state index contributed by atoms with van der Waals surface area (Å²) in [5.41, 5.74) is 5.20. The van der Waals surface area contributed by atoms with Gasteiger partial charge in [0, 0.05) is 12.1 Å². The van der Waals surface area contributed by atoms with Gasteiger partial charge in [-0.1, -0.05) is 0 Å². The van der Waals surface area contributed by atoms with Crippen molar-refractivity contribution in [3.63, 3.8) is 0 Å². The average Bonchev–Trinajstić information content (AvgIpc) is 2.71. The van der Waals surface area contributed by atoms with Crippen LogP contribution in [-0.2, 0) is 4.79 Å². The number of carbonyl (C=O) groups is 1. The molecule has 18 heavy (non-hydrogen) atoms. The molecule has 0 amide bonds. The van der Waals surface area contributed by atoms with E-state index in [1.54, 1.807) is 6.92 Å². The third kappa shape index (κ3) is 2.52. The van der Waals surface area contributed by atoms with E-state index in [-0.39, 0.29) is 29.1 Å². The van der Waals surface area contributed by atoms with Gasteiger partial charge in [0.15, 0.2) is 5.69 Å². The van der Waals surface area contributed by atoms with E-state index in [9.17, 15) is 13.6 Å². The number of carbonyl (C=O) groups excluding carboxylic acids is 1. The van der Waals surface area contributed by atoms with Crippen molar-refractivity contribution in [2.75, 3.05) is 5.73 Å². The molecule has 0 bridgehead atoms. The molecule has 1 fully saturated rings. The zero-order chi connectivity index (χ0) is 13.3. The van der Waals surface area contributed by atoms with Gasteiger partial charge < -0.3 is 5.73 Å². The van der Waals surface area contributed by atoms with Crippen molar-refractivity contribution in [3.05, 3.63) is 11.9 Å². The van der Waals surface area contributed by atoms with E-state index in [1.165, 1.54) is 10.9 Å². The predicted octanol–water partition coefficient (Wildman–Crippen LogP) is 2.72. The lowest BCUT2D eigenvalue weighted by molar-refractivity contribution is -0.121. The molecular weight excluding hydrogens is 240 g/mol. The lowest BCUT2D eigenvalue weighted by Crippen LogP contribution is -2.22.